The minimum atomic E-state index is -2.49. The predicted molar refractivity (Wildman–Crippen MR) is 301 cm³/mol. The van der Waals surface area contributed by atoms with Crippen LogP contribution in [0.1, 0.15) is 187 Å². The number of nitrogens with one attached hydrogen (secondary N) is 3. The maximum atomic E-state index is 15.5. The Kier molecular flexibility index (Phi) is 9.38. The lowest BCUT2D eigenvalue weighted by molar-refractivity contribution is -0.366. The Bertz CT molecular complexity index is 3950. The number of ketones is 2. The molecular weight excluding hydrogens is 1030 g/mol. The molecule has 2 aromatic carbocycles. The number of rotatable bonds is 1. The van der Waals surface area contributed by atoms with Crippen LogP contribution in [0.15, 0.2) is 66.3 Å². The highest BCUT2D eigenvalue weighted by atomic mass is 16.7. The summed E-state index contributed by atoms with van der Waals surface area (Å²) in [4.78, 5) is 48.3. The Morgan fingerprint density at radius 1 is 0.829 bits per heavy atom. The Morgan fingerprint density at radius 2 is 1.63 bits per heavy atom. The first-order valence-electron chi connectivity index (χ1n) is 30.4. The molecule has 5 saturated carbocycles. The minimum Gasteiger partial charge on any atom is -0.507 e. The van der Waals surface area contributed by atoms with Gasteiger partial charge in [0.25, 0.3) is 5.79 Å². The number of carbonyl (C=O) groups is 2. The predicted octanol–water partition coefficient (Wildman–Crippen LogP) is 8.62. The van der Waals surface area contributed by atoms with E-state index >= 15 is 9.59 Å². The molecular formula is C67H67N5O10. The molecule has 15 heteroatoms. The first kappa shape index (κ1) is 49.1. The molecule has 1 saturated heterocycles. The van der Waals surface area contributed by atoms with Crippen molar-refractivity contribution < 1.29 is 49.7 Å². The van der Waals surface area contributed by atoms with E-state index in [-0.39, 0.29) is 57.0 Å². The number of hydrogen-bond acceptors (Lipinski definition) is 13. The summed E-state index contributed by atoms with van der Waals surface area (Å²) in [5.41, 5.74) is 0.832. The van der Waals surface area contributed by atoms with Gasteiger partial charge in [-0.3, -0.25) is 9.59 Å². The average molecular weight is 1100 g/mol. The van der Waals surface area contributed by atoms with Gasteiger partial charge in [0, 0.05) is 92.5 Å². The zero-order valence-electron chi connectivity index (χ0n) is 46.0. The Hall–Kier alpha value is -6.38. The molecule has 0 amide bonds. The maximum absolute atomic E-state index is 15.5. The van der Waals surface area contributed by atoms with Crippen molar-refractivity contribution in [2.45, 2.75) is 176 Å². The second kappa shape index (κ2) is 15.7. The molecule has 13 unspecified atom stereocenters. The molecule has 15 nitrogen and oxygen atoms in total. The number of benzene rings is 2. The van der Waals surface area contributed by atoms with Crippen LogP contribution in [0.3, 0.4) is 0 Å². The third-order valence-corrected chi connectivity index (χ3v) is 24.6. The first-order valence-corrected chi connectivity index (χ1v) is 30.4. The van der Waals surface area contributed by atoms with Crippen LogP contribution in [0.4, 0.5) is 5.82 Å². The van der Waals surface area contributed by atoms with Crippen molar-refractivity contribution in [1.82, 2.24) is 19.9 Å². The number of nitrogens with zero attached hydrogens (tertiary/aromatic N) is 2. The van der Waals surface area contributed by atoms with E-state index in [0.717, 1.165) is 112 Å². The average Bonchev–Trinajstić information content (AvgIpc) is 1.88. The second-order valence-corrected chi connectivity index (χ2v) is 28.0. The maximum Gasteiger partial charge on any atom is 0.261 e. The molecule has 20 rings (SSSR count). The number of pyridine rings is 1. The van der Waals surface area contributed by atoms with Crippen molar-refractivity contribution in [2.24, 2.45) is 33.0 Å². The third-order valence-electron chi connectivity index (χ3n) is 24.6. The topological polar surface area (TPSA) is 243 Å². The van der Waals surface area contributed by atoms with Gasteiger partial charge in [-0.2, -0.15) is 0 Å². The lowest BCUT2D eigenvalue weighted by atomic mass is 9.49. The van der Waals surface area contributed by atoms with Crippen molar-refractivity contribution in [3.05, 3.63) is 122 Å². The van der Waals surface area contributed by atoms with E-state index in [4.69, 9.17) is 14.5 Å². The lowest BCUT2D eigenvalue weighted by Gasteiger charge is -2.64. The molecule has 7 spiro atoms. The number of aromatic amines is 2. The van der Waals surface area contributed by atoms with Crippen molar-refractivity contribution in [2.75, 3.05) is 11.9 Å². The Morgan fingerprint density at radius 3 is 2.45 bits per heavy atom. The summed E-state index contributed by atoms with van der Waals surface area (Å²) in [6.45, 7) is 1.71. The largest absolute Gasteiger partial charge is 0.507 e. The van der Waals surface area contributed by atoms with Crippen LogP contribution in [0.2, 0.25) is 0 Å². The van der Waals surface area contributed by atoms with Gasteiger partial charge in [-0.25, -0.2) is 9.97 Å². The number of aliphatic hydroxyl groups is 5. The Labute approximate surface area is 473 Å². The number of aliphatic hydroxyl groups excluding tert-OH is 5. The van der Waals surface area contributed by atoms with E-state index in [2.05, 4.69) is 44.3 Å². The van der Waals surface area contributed by atoms with Gasteiger partial charge in [-0.05, 0) is 141 Å². The van der Waals surface area contributed by atoms with Crippen molar-refractivity contribution in [3.63, 3.8) is 0 Å². The summed E-state index contributed by atoms with van der Waals surface area (Å²) >= 11 is 0. The molecule has 15 aliphatic rings. The van der Waals surface area contributed by atoms with Gasteiger partial charge in [-0.1, -0.05) is 62.2 Å². The minimum absolute atomic E-state index is 0.0145. The van der Waals surface area contributed by atoms with Crippen LogP contribution in [-0.4, -0.2) is 111 Å². The zero-order chi connectivity index (χ0) is 55.5. The molecule has 5 aromatic rings. The highest BCUT2D eigenvalue weighted by Crippen LogP contribution is 2.79. The quantitative estimate of drug-likeness (QED) is 0.0702. The van der Waals surface area contributed by atoms with E-state index in [0.29, 0.717) is 71.1 Å². The van der Waals surface area contributed by atoms with Crippen LogP contribution in [0.25, 0.3) is 22.4 Å². The van der Waals surface area contributed by atoms with Crippen LogP contribution < -0.4 is 10.1 Å². The Balaban J connectivity index is 1.01. The number of imidazole rings is 1. The van der Waals surface area contributed by atoms with Crippen LogP contribution in [0, 0.1) is 51.8 Å². The van der Waals surface area contributed by atoms with E-state index in [9.17, 15) is 30.6 Å². The van der Waals surface area contributed by atoms with Gasteiger partial charge in [-0.15, -0.1) is 5.92 Å². The molecule has 4 aliphatic heterocycles. The number of aromatic nitrogens is 4. The molecule has 13 atom stereocenters. The number of aryl methyl sites for hydroxylation is 1. The molecule has 420 valence electrons. The van der Waals surface area contributed by atoms with Gasteiger partial charge in [0.05, 0.1) is 40.8 Å². The fourth-order valence-electron chi connectivity index (χ4n) is 21.5. The van der Waals surface area contributed by atoms with Gasteiger partial charge >= 0.3 is 0 Å². The van der Waals surface area contributed by atoms with E-state index in [1.165, 1.54) is 6.07 Å². The zero-order valence-corrected chi connectivity index (χ0v) is 46.0. The van der Waals surface area contributed by atoms with Crippen LogP contribution >= 0.6 is 0 Å². The number of phenols is 1. The summed E-state index contributed by atoms with van der Waals surface area (Å²) in [7, 11) is 0. The van der Waals surface area contributed by atoms with Gasteiger partial charge in [0.15, 0.2) is 17.5 Å². The first-order chi connectivity index (χ1) is 39.6. The van der Waals surface area contributed by atoms with Gasteiger partial charge < -0.3 is 55.4 Å². The number of ether oxygens (including phenoxy) is 2. The van der Waals surface area contributed by atoms with E-state index < -0.39 is 81.1 Å². The van der Waals surface area contributed by atoms with Crippen molar-refractivity contribution in [1.29, 1.82) is 0 Å². The number of fused-ring (bicyclic) bond motifs is 6. The summed E-state index contributed by atoms with van der Waals surface area (Å²) in [6.07, 6.45) is 18.3. The summed E-state index contributed by atoms with van der Waals surface area (Å²) in [5.74, 6) is 3.38. The molecule has 9 N–H and O–H groups in total. The molecule has 3 aromatic heterocycles. The molecule has 6 fully saturated rings. The van der Waals surface area contributed by atoms with Crippen LogP contribution in [0.5, 0.6) is 11.5 Å². The van der Waals surface area contributed by atoms with Crippen LogP contribution in [-0.2, 0) is 10.2 Å². The number of hydrogen-bond donors (Lipinski definition) is 9. The van der Waals surface area contributed by atoms with Crippen molar-refractivity contribution in [3.8, 4) is 23.3 Å². The van der Waals surface area contributed by atoms with Crippen molar-refractivity contribution >= 4 is 39.8 Å². The number of phenolic OH excluding ortho intramolecular Hbond substituents is 1. The second-order valence-electron chi connectivity index (χ2n) is 28.0. The summed E-state index contributed by atoms with van der Waals surface area (Å²) < 4.78 is 15.1. The molecule has 0 radical (unpaired) electrons. The highest BCUT2D eigenvalue weighted by Gasteiger charge is 2.78. The highest BCUT2D eigenvalue weighted by molar-refractivity contribution is 6.34. The van der Waals surface area contributed by atoms with E-state index in [1.807, 2.05) is 6.20 Å². The number of anilines is 1. The molecule has 12 bridgehead atoms. The SMILES string of the molecule is Cc1cc(O)c2c(c1)C(=O)c1c(c3cc4c(nccc14)NCC(O)C14CC5(CCCC5)C5C#CCC67C=Cc8c([nH]c(c8C51)C1=CC5(O3)OC3(C1=C4CC1(CCC4(CCCC4)C1)C3O)C(O)C(O)C5O)C6(c1cnc[nH]1)CCCC7)C2=O. The fourth-order valence-corrected chi connectivity index (χ4v) is 21.5. The smallest absolute Gasteiger partial charge is 0.261 e. The standard InChI is InChI=1S/C67H67N5O10/c1-33-23-37-45(41(73)24-33)53(76)48-42-25-36-34(46(48)52(37)75)11-22-69-58(36)70-29-44(74)64-31-61(14-4-5-15-61)39-9-8-17-63-16-6-7-18-65(63,43-28-68-32-71-43)55-35(10-19-63)47(50(39)64)51(72-55)38-26-66(81-42)56(78)54(77)57(79)67(82-66)49(38)40(64)27-62(59(67)80)21-20-60(30-62)12-2-3-13-60/h10-11,19,22-26,28,32,39,44,50,54,56-57,59,72-74,77-80H,2-7,12-18,20-21,27,29-31H2,1H3,(H,68,71)(H,69,70). The molecule has 7 heterocycles. The summed E-state index contributed by atoms with van der Waals surface area (Å²) in [5, 5.41) is 84.8. The normalized spacial score (nSPS) is 39.5. The van der Waals surface area contributed by atoms with Gasteiger partial charge in [0.1, 0.15) is 29.5 Å². The third kappa shape index (κ3) is 5.46. The fraction of sp³-hybridized carbons (Fsp3) is 0.522. The molecule has 82 heavy (non-hydrogen) atoms. The number of aromatic hydroxyl groups is 1. The monoisotopic (exact) mass is 1100 g/mol. The van der Waals surface area contributed by atoms with E-state index in [1.54, 1.807) is 43.7 Å². The van der Waals surface area contributed by atoms with Gasteiger partial charge in [0.2, 0.25) is 5.78 Å². The lowest BCUT2D eigenvalue weighted by Crippen LogP contribution is -2.79. The molecule has 11 aliphatic carbocycles. The number of H-pyrrole nitrogens is 2. The number of carbonyl (C=O) groups excluding carboxylic acids is 2. The number of allylic oxidation sites excluding steroid dienone is 1. The summed E-state index contributed by atoms with van der Waals surface area (Å²) in [6, 6.07) is 6.28.